The number of benzene rings is 2. The van der Waals surface area contributed by atoms with Gasteiger partial charge in [0.15, 0.2) is 0 Å². The Morgan fingerprint density at radius 1 is 1.06 bits per heavy atom. The summed E-state index contributed by atoms with van der Waals surface area (Å²) < 4.78 is 28.1. The van der Waals surface area contributed by atoms with Crippen molar-refractivity contribution in [2.75, 3.05) is 25.0 Å². The van der Waals surface area contributed by atoms with Crippen molar-refractivity contribution in [1.29, 1.82) is 0 Å². The van der Waals surface area contributed by atoms with Gasteiger partial charge in [-0.25, -0.2) is 13.6 Å². The summed E-state index contributed by atoms with van der Waals surface area (Å²) in [6, 6.07) is 9.38. The third-order valence-corrected chi connectivity index (χ3v) is 6.10. The molecule has 1 heterocycles. The average molecular weight is 487 g/mol. The van der Waals surface area contributed by atoms with Gasteiger partial charge in [0.1, 0.15) is 23.2 Å². The third-order valence-electron chi connectivity index (χ3n) is 6.10. The summed E-state index contributed by atoms with van der Waals surface area (Å²) in [5.74, 6) is -3.48. The molecule has 1 saturated heterocycles. The van der Waals surface area contributed by atoms with Gasteiger partial charge in [-0.2, -0.15) is 0 Å². The number of likely N-dealkylation sites (tertiary alicyclic amines) is 1. The monoisotopic (exact) mass is 486 g/mol. The molecular formula is C26H32F2N4O3. The summed E-state index contributed by atoms with van der Waals surface area (Å²) >= 11 is 0. The molecule has 1 aliphatic heterocycles. The van der Waals surface area contributed by atoms with Crippen molar-refractivity contribution in [2.24, 2.45) is 11.8 Å². The van der Waals surface area contributed by atoms with Crippen LogP contribution in [0, 0.1) is 30.4 Å². The van der Waals surface area contributed by atoms with Gasteiger partial charge < -0.3 is 20.9 Å². The number of aryl methyl sites for hydroxylation is 1. The highest BCUT2D eigenvalue weighted by molar-refractivity contribution is 5.98. The highest BCUT2D eigenvalue weighted by Gasteiger charge is 2.33. The highest BCUT2D eigenvalue weighted by Crippen LogP contribution is 2.19. The Morgan fingerprint density at radius 2 is 1.71 bits per heavy atom. The number of urea groups is 1. The van der Waals surface area contributed by atoms with Crippen molar-refractivity contribution in [2.45, 2.75) is 39.7 Å². The molecule has 0 saturated carbocycles. The van der Waals surface area contributed by atoms with E-state index in [2.05, 4.69) is 16.0 Å². The molecule has 0 radical (unpaired) electrons. The number of halogens is 2. The van der Waals surface area contributed by atoms with E-state index in [4.69, 9.17) is 0 Å². The van der Waals surface area contributed by atoms with Gasteiger partial charge in [-0.15, -0.1) is 0 Å². The number of piperidine rings is 1. The number of amides is 4. The summed E-state index contributed by atoms with van der Waals surface area (Å²) in [7, 11) is 0. The van der Waals surface area contributed by atoms with Crippen LogP contribution in [-0.2, 0) is 4.79 Å². The van der Waals surface area contributed by atoms with E-state index in [0.717, 1.165) is 30.5 Å². The molecule has 1 aliphatic rings. The first-order chi connectivity index (χ1) is 16.7. The first-order valence-corrected chi connectivity index (χ1v) is 11.8. The van der Waals surface area contributed by atoms with Crippen LogP contribution >= 0.6 is 0 Å². The lowest BCUT2D eigenvalue weighted by atomic mass is 9.95. The average Bonchev–Trinajstić information content (AvgIpc) is 2.82. The van der Waals surface area contributed by atoms with Crippen LogP contribution in [0.15, 0.2) is 42.5 Å². The fraction of sp³-hybridized carbons (Fsp3) is 0.423. The second kappa shape index (κ2) is 11.8. The van der Waals surface area contributed by atoms with E-state index in [0.29, 0.717) is 25.3 Å². The summed E-state index contributed by atoms with van der Waals surface area (Å²) in [6.45, 7) is 6.81. The van der Waals surface area contributed by atoms with Crippen LogP contribution in [-0.4, -0.2) is 48.4 Å². The maximum absolute atomic E-state index is 14.0. The number of nitrogens with one attached hydrogen (secondary N) is 3. The van der Waals surface area contributed by atoms with Crippen LogP contribution in [0.1, 0.15) is 42.6 Å². The number of anilines is 1. The molecule has 9 heteroatoms. The molecule has 0 bridgehead atoms. The first kappa shape index (κ1) is 26.1. The Morgan fingerprint density at radius 3 is 2.34 bits per heavy atom. The molecule has 3 rings (SSSR count). The maximum Gasteiger partial charge on any atom is 0.319 e. The maximum atomic E-state index is 14.0. The summed E-state index contributed by atoms with van der Waals surface area (Å²) in [5, 5.41) is 8.15. The van der Waals surface area contributed by atoms with Gasteiger partial charge in [0.05, 0.1) is 0 Å². The van der Waals surface area contributed by atoms with Crippen molar-refractivity contribution in [3.63, 3.8) is 0 Å². The molecule has 0 spiro atoms. The second-order valence-electron chi connectivity index (χ2n) is 9.29. The molecule has 188 valence electrons. The highest BCUT2D eigenvalue weighted by atomic mass is 19.1. The van der Waals surface area contributed by atoms with E-state index in [9.17, 15) is 23.2 Å². The molecule has 2 unspecified atom stereocenters. The van der Waals surface area contributed by atoms with E-state index in [-0.39, 0.29) is 23.8 Å². The number of carbonyl (C=O) groups is 3. The molecule has 0 aromatic heterocycles. The molecule has 35 heavy (non-hydrogen) atoms. The van der Waals surface area contributed by atoms with Crippen LogP contribution in [0.25, 0.3) is 0 Å². The Bertz CT molecular complexity index is 1040. The van der Waals surface area contributed by atoms with Crippen molar-refractivity contribution in [3.05, 3.63) is 65.2 Å². The van der Waals surface area contributed by atoms with Crippen LogP contribution in [0.3, 0.4) is 0 Å². The van der Waals surface area contributed by atoms with Crippen LogP contribution in [0.5, 0.6) is 0 Å². The minimum Gasteiger partial charge on any atom is -0.341 e. The SMILES string of the molecule is Cc1ccc(NC(=O)NCC2CCCN(C(=O)C(NC(=O)c3c(F)cccc3F)C(C)C)C2)cc1. The van der Waals surface area contributed by atoms with Gasteiger partial charge in [0, 0.05) is 25.3 Å². The standard InChI is InChI=1S/C26H32F2N4O3/c1-16(2)23(31-24(33)22-20(27)7-4-8-21(22)28)25(34)32-13-5-6-18(15-32)14-29-26(35)30-19-11-9-17(3)10-12-19/h4,7-12,16,18,23H,5-6,13-15H2,1-3H3,(H,31,33)(H2,29,30,35). The van der Waals surface area contributed by atoms with E-state index in [1.54, 1.807) is 18.7 Å². The van der Waals surface area contributed by atoms with E-state index < -0.39 is 29.1 Å². The zero-order chi connectivity index (χ0) is 25.5. The van der Waals surface area contributed by atoms with Crippen molar-refractivity contribution < 1.29 is 23.2 Å². The molecule has 4 amide bonds. The summed E-state index contributed by atoms with van der Waals surface area (Å²) in [5.41, 5.74) is 1.08. The number of rotatable bonds is 7. The second-order valence-corrected chi connectivity index (χ2v) is 9.29. The zero-order valence-electron chi connectivity index (χ0n) is 20.2. The molecule has 2 atom stereocenters. The lowest BCUT2D eigenvalue weighted by Gasteiger charge is -2.36. The Labute approximate surface area is 204 Å². The van der Waals surface area contributed by atoms with Crippen LogP contribution < -0.4 is 16.0 Å². The molecule has 7 nitrogen and oxygen atoms in total. The fourth-order valence-corrected chi connectivity index (χ4v) is 4.12. The fourth-order valence-electron chi connectivity index (χ4n) is 4.12. The van der Waals surface area contributed by atoms with Gasteiger partial charge in [0.2, 0.25) is 5.91 Å². The Kier molecular flexibility index (Phi) is 8.78. The van der Waals surface area contributed by atoms with Crippen molar-refractivity contribution >= 4 is 23.5 Å². The van der Waals surface area contributed by atoms with Gasteiger partial charge in [-0.1, -0.05) is 37.6 Å². The minimum atomic E-state index is -0.981. The lowest BCUT2D eigenvalue weighted by Crippen LogP contribution is -2.54. The first-order valence-electron chi connectivity index (χ1n) is 11.8. The van der Waals surface area contributed by atoms with E-state index in [1.165, 1.54) is 6.07 Å². The van der Waals surface area contributed by atoms with Crippen molar-refractivity contribution in [3.8, 4) is 0 Å². The largest absolute Gasteiger partial charge is 0.341 e. The summed E-state index contributed by atoms with van der Waals surface area (Å²) in [4.78, 5) is 39.7. The topological polar surface area (TPSA) is 90.5 Å². The van der Waals surface area contributed by atoms with E-state index in [1.807, 2.05) is 31.2 Å². The molecular weight excluding hydrogens is 454 g/mol. The summed E-state index contributed by atoms with van der Waals surface area (Å²) in [6.07, 6.45) is 1.59. The molecule has 2 aromatic rings. The van der Waals surface area contributed by atoms with Gasteiger partial charge in [0.25, 0.3) is 5.91 Å². The normalized spacial score (nSPS) is 16.5. The van der Waals surface area contributed by atoms with Crippen LogP contribution in [0.2, 0.25) is 0 Å². The minimum absolute atomic E-state index is 0.0454. The Hall–Kier alpha value is -3.49. The molecule has 1 fully saturated rings. The quantitative estimate of drug-likeness (QED) is 0.551. The Balaban J connectivity index is 1.57. The number of hydrogen-bond acceptors (Lipinski definition) is 3. The van der Waals surface area contributed by atoms with Gasteiger partial charge >= 0.3 is 6.03 Å². The molecule has 2 aromatic carbocycles. The number of carbonyl (C=O) groups excluding carboxylic acids is 3. The predicted octanol–water partition coefficient (Wildman–Crippen LogP) is 4.09. The number of nitrogens with zero attached hydrogens (tertiary/aromatic N) is 1. The zero-order valence-corrected chi connectivity index (χ0v) is 20.2. The van der Waals surface area contributed by atoms with Crippen LogP contribution in [0.4, 0.5) is 19.3 Å². The molecule has 3 N–H and O–H groups in total. The number of hydrogen-bond donors (Lipinski definition) is 3. The predicted molar refractivity (Wildman–Crippen MR) is 130 cm³/mol. The third kappa shape index (κ3) is 7.00. The van der Waals surface area contributed by atoms with Crippen molar-refractivity contribution in [1.82, 2.24) is 15.5 Å². The lowest BCUT2D eigenvalue weighted by molar-refractivity contribution is -0.136. The molecule has 0 aliphatic carbocycles. The van der Waals surface area contributed by atoms with Gasteiger partial charge in [-0.3, -0.25) is 9.59 Å². The van der Waals surface area contributed by atoms with Gasteiger partial charge in [-0.05, 0) is 55.9 Å². The van der Waals surface area contributed by atoms with E-state index >= 15 is 0 Å². The smallest absolute Gasteiger partial charge is 0.319 e.